The molecule has 0 saturated carbocycles. The van der Waals surface area contributed by atoms with Crippen LogP contribution in [0.15, 0.2) is 84.9 Å². The Balaban J connectivity index is 1.31. The van der Waals surface area contributed by atoms with Crippen LogP contribution in [-0.2, 0) is 6.61 Å². The van der Waals surface area contributed by atoms with Gasteiger partial charge in [0.1, 0.15) is 12.4 Å². The number of benzene rings is 4. The number of fused-ring (bicyclic) bond motifs is 3. The summed E-state index contributed by atoms with van der Waals surface area (Å²) < 4.78 is 5.93. The highest BCUT2D eigenvalue weighted by Gasteiger charge is 2.22. The number of hydrogen-bond acceptors (Lipinski definition) is 4. The molecule has 1 fully saturated rings. The van der Waals surface area contributed by atoms with Crippen LogP contribution in [0.5, 0.6) is 5.75 Å². The third-order valence-corrected chi connectivity index (χ3v) is 7.45. The summed E-state index contributed by atoms with van der Waals surface area (Å²) in [5.74, 6) is 0.280. The molecule has 3 N–H and O–H groups in total. The van der Waals surface area contributed by atoms with Crippen LogP contribution < -0.4 is 10.5 Å². The lowest BCUT2D eigenvalue weighted by Gasteiger charge is -2.32. The fraction of sp³-hybridized carbons (Fsp3) is 0.188. The van der Waals surface area contributed by atoms with Crippen molar-refractivity contribution in [2.24, 2.45) is 5.73 Å². The smallest absolute Gasteiger partial charge is 0.254 e. The number of amides is 2. The van der Waals surface area contributed by atoms with Gasteiger partial charge in [-0.15, -0.1) is 0 Å². The minimum Gasteiger partial charge on any atom is -0.489 e. The van der Waals surface area contributed by atoms with Gasteiger partial charge in [0.05, 0.1) is 11.1 Å². The van der Waals surface area contributed by atoms with Crippen molar-refractivity contribution in [3.05, 3.63) is 102 Å². The molecule has 1 aliphatic rings. The van der Waals surface area contributed by atoms with E-state index in [9.17, 15) is 9.59 Å². The van der Waals surface area contributed by atoms with Crippen LogP contribution >= 0.6 is 0 Å². The van der Waals surface area contributed by atoms with Crippen molar-refractivity contribution in [2.75, 3.05) is 33.2 Å². The van der Waals surface area contributed by atoms with Gasteiger partial charge in [-0.1, -0.05) is 48.5 Å². The monoisotopic (exact) mass is 518 g/mol. The average Bonchev–Trinajstić information content (AvgIpc) is 3.34. The maximum absolute atomic E-state index is 13.1. The van der Waals surface area contributed by atoms with Gasteiger partial charge < -0.3 is 25.3 Å². The van der Waals surface area contributed by atoms with Gasteiger partial charge in [-0.3, -0.25) is 9.59 Å². The Hall–Kier alpha value is -4.62. The Morgan fingerprint density at radius 3 is 2.31 bits per heavy atom. The zero-order valence-electron chi connectivity index (χ0n) is 21.8. The molecule has 0 aliphatic carbocycles. The van der Waals surface area contributed by atoms with E-state index in [1.165, 1.54) is 0 Å². The molecule has 4 aromatic carbocycles. The van der Waals surface area contributed by atoms with Crippen LogP contribution in [0.3, 0.4) is 0 Å². The number of H-pyrrole nitrogens is 1. The molecule has 0 radical (unpaired) electrons. The Bertz CT molecular complexity index is 1670. The SMILES string of the molecule is CN1CCN(C(=O)c2ccc3c(c2)[nH]c2c(C(N)=O)cc(-c4ccc(OCc5ccccc5)cc4)cc23)CC1. The van der Waals surface area contributed by atoms with E-state index in [4.69, 9.17) is 10.5 Å². The maximum atomic E-state index is 13.1. The van der Waals surface area contributed by atoms with Crippen LogP contribution in [0.25, 0.3) is 32.9 Å². The van der Waals surface area contributed by atoms with Gasteiger partial charge in [-0.05, 0) is 60.1 Å². The quantitative estimate of drug-likeness (QED) is 0.329. The molecule has 1 aliphatic heterocycles. The summed E-state index contributed by atoms with van der Waals surface area (Å²) in [6.45, 7) is 3.65. The number of nitrogens with two attached hydrogens (primary N) is 1. The Morgan fingerprint density at radius 2 is 1.59 bits per heavy atom. The minimum atomic E-state index is -0.509. The number of carbonyl (C=O) groups excluding carboxylic acids is 2. The summed E-state index contributed by atoms with van der Waals surface area (Å²) in [6, 6.07) is 27.4. The molecule has 1 saturated heterocycles. The number of likely N-dealkylation sites (N-methyl/N-ethyl adjacent to an activating group) is 1. The largest absolute Gasteiger partial charge is 0.489 e. The van der Waals surface area contributed by atoms with Crippen LogP contribution in [-0.4, -0.2) is 59.8 Å². The van der Waals surface area contributed by atoms with Crippen LogP contribution in [0, 0.1) is 0 Å². The van der Waals surface area contributed by atoms with E-state index in [0.717, 1.165) is 51.8 Å². The molecule has 0 spiro atoms. The van der Waals surface area contributed by atoms with Gasteiger partial charge in [0.25, 0.3) is 11.8 Å². The lowest BCUT2D eigenvalue weighted by Crippen LogP contribution is -2.47. The van der Waals surface area contributed by atoms with Gasteiger partial charge in [-0.25, -0.2) is 0 Å². The zero-order chi connectivity index (χ0) is 26.9. The summed E-state index contributed by atoms with van der Waals surface area (Å²) in [5, 5.41) is 1.83. The van der Waals surface area contributed by atoms with Gasteiger partial charge in [-0.2, -0.15) is 0 Å². The molecule has 0 atom stereocenters. The first kappa shape index (κ1) is 24.7. The zero-order valence-corrected chi connectivity index (χ0v) is 21.8. The van der Waals surface area contributed by atoms with Crippen molar-refractivity contribution in [1.29, 1.82) is 0 Å². The molecule has 39 heavy (non-hydrogen) atoms. The molecule has 6 rings (SSSR count). The van der Waals surface area contributed by atoms with E-state index in [2.05, 4.69) is 23.0 Å². The number of hydrogen-bond donors (Lipinski definition) is 2. The number of nitrogens with zero attached hydrogens (tertiary/aromatic N) is 2. The number of aromatic nitrogens is 1. The molecule has 196 valence electrons. The highest BCUT2D eigenvalue weighted by atomic mass is 16.5. The molecule has 5 aromatic rings. The maximum Gasteiger partial charge on any atom is 0.254 e. The van der Waals surface area contributed by atoms with Crippen LogP contribution in [0.2, 0.25) is 0 Å². The van der Waals surface area contributed by atoms with E-state index in [1.54, 1.807) is 0 Å². The Labute approximate surface area is 226 Å². The standard InChI is InChI=1S/C32H30N4O3/c1-35-13-15-36(16-14-35)32(38)23-9-12-26-27-17-24(18-28(31(33)37)30(27)34-29(26)19-23)22-7-10-25(11-8-22)39-20-21-5-3-2-4-6-21/h2-12,17-19,34H,13-16,20H2,1H3,(H2,33,37). The third kappa shape index (κ3) is 4.96. The van der Waals surface area contributed by atoms with E-state index in [0.29, 0.717) is 36.3 Å². The molecule has 7 nitrogen and oxygen atoms in total. The fourth-order valence-corrected chi connectivity index (χ4v) is 5.18. The van der Waals surface area contributed by atoms with Crippen molar-refractivity contribution < 1.29 is 14.3 Å². The summed E-state index contributed by atoms with van der Waals surface area (Å²) in [6.07, 6.45) is 0. The van der Waals surface area contributed by atoms with Gasteiger partial charge in [0.15, 0.2) is 0 Å². The van der Waals surface area contributed by atoms with E-state index >= 15 is 0 Å². The highest BCUT2D eigenvalue weighted by molar-refractivity contribution is 6.17. The molecule has 1 aromatic heterocycles. The van der Waals surface area contributed by atoms with Gasteiger partial charge >= 0.3 is 0 Å². The van der Waals surface area contributed by atoms with Crippen molar-refractivity contribution in [2.45, 2.75) is 6.61 Å². The number of aromatic amines is 1. The highest BCUT2D eigenvalue weighted by Crippen LogP contribution is 2.34. The van der Waals surface area contributed by atoms with Crippen LogP contribution in [0.1, 0.15) is 26.3 Å². The molecule has 0 unspecified atom stereocenters. The van der Waals surface area contributed by atoms with Crippen molar-refractivity contribution in [3.63, 3.8) is 0 Å². The molecular formula is C32H30N4O3. The fourth-order valence-electron chi connectivity index (χ4n) is 5.18. The predicted molar refractivity (Wildman–Crippen MR) is 154 cm³/mol. The lowest BCUT2D eigenvalue weighted by molar-refractivity contribution is 0.0664. The van der Waals surface area contributed by atoms with E-state index < -0.39 is 5.91 Å². The molecule has 0 bridgehead atoms. The summed E-state index contributed by atoms with van der Waals surface area (Å²) in [5.41, 5.74) is 11.3. The first-order valence-electron chi connectivity index (χ1n) is 13.1. The number of nitrogens with one attached hydrogen (secondary N) is 1. The number of rotatable bonds is 6. The second-order valence-electron chi connectivity index (χ2n) is 10.1. The first-order valence-corrected chi connectivity index (χ1v) is 13.1. The molecule has 2 heterocycles. The van der Waals surface area contributed by atoms with Crippen molar-refractivity contribution >= 4 is 33.6 Å². The first-order chi connectivity index (χ1) is 19.0. The number of ether oxygens (including phenoxy) is 1. The van der Waals surface area contributed by atoms with Gasteiger partial charge in [0, 0.05) is 48.0 Å². The minimum absolute atomic E-state index is 0.0223. The third-order valence-electron chi connectivity index (χ3n) is 7.45. The van der Waals surface area contributed by atoms with E-state index in [1.807, 2.05) is 83.8 Å². The summed E-state index contributed by atoms with van der Waals surface area (Å²) >= 11 is 0. The summed E-state index contributed by atoms with van der Waals surface area (Å²) in [7, 11) is 2.07. The van der Waals surface area contributed by atoms with Crippen molar-refractivity contribution in [3.8, 4) is 16.9 Å². The Kier molecular flexibility index (Phi) is 6.50. The predicted octanol–water partition coefficient (Wildman–Crippen LogP) is 5.05. The van der Waals surface area contributed by atoms with Crippen molar-refractivity contribution in [1.82, 2.24) is 14.8 Å². The second-order valence-corrected chi connectivity index (χ2v) is 10.1. The summed E-state index contributed by atoms with van der Waals surface area (Å²) in [4.78, 5) is 33.1. The Morgan fingerprint density at radius 1 is 0.846 bits per heavy atom. The average molecular weight is 519 g/mol. The van der Waals surface area contributed by atoms with Gasteiger partial charge in [0.2, 0.25) is 0 Å². The normalized spacial score (nSPS) is 14.1. The van der Waals surface area contributed by atoms with E-state index in [-0.39, 0.29) is 5.91 Å². The van der Waals surface area contributed by atoms with Crippen LogP contribution in [0.4, 0.5) is 0 Å². The molecule has 7 heteroatoms. The molecule has 2 amide bonds. The second kappa shape index (κ2) is 10.3. The lowest BCUT2D eigenvalue weighted by atomic mass is 9.98. The number of carbonyl (C=O) groups is 2. The topological polar surface area (TPSA) is 91.7 Å². The number of primary amides is 1. The number of piperazine rings is 1. The molecular weight excluding hydrogens is 488 g/mol.